The Morgan fingerprint density at radius 3 is 2.89 bits per heavy atom. The van der Waals surface area contributed by atoms with Crippen LogP contribution in [-0.2, 0) is 16.3 Å². The van der Waals surface area contributed by atoms with Gasteiger partial charge in [-0.1, -0.05) is 12.1 Å². The first kappa shape index (κ1) is 12.7. The summed E-state index contributed by atoms with van der Waals surface area (Å²) in [6, 6.07) is 5.51. The SMILES string of the molecule is O=S1(=O)C=CC(NC2CCCc3cc(O)ccc32)C1. The lowest BCUT2D eigenvalue weighted by Crippen LogP contribution is -2.35. The Hall–Kier alpha value is -1.33. The molecule has 2 atom stereocenters. The van der Waals surface area contributed by atoms with E-state index >= 15 is 0 Å². The zero-order chi connectivity index (χ0) is 13.5. The summed E-state index contributed by atoms with van der Waals surface area (Å²) in [7, 11) is -3.01. The first-order chi connectivity index (χ1) is 9.03. The van der Waals surface area contributed by atoms with Crippen molar-refractivity contribution in [3.63, 3.8) is 0 Å². The van der Waals surface area contributed by atoms with Crippen molar-refractivity contribution in [2.45, 2.75) is 31.3 Å². The van der Waals surface area contributed by atoms with E-state index in [1.807, 2.05) is 12.1 Å². The topological polar surface area (TPSA) is 66.4 Å². The molecule has 0 bridgehead atoms. The molecule has 2 N–H and O–H groups in total. The molecule has 0 spiro atoms. The van der Waals surface area contributed by atoms with Gasteiger partial charge in [0.15, 0.2) is 9.84 Å². The molecule has 5 heteroatoms. The van der Waals surface area contributed by atoms with E-state index in [1.54, 1.807) is 12.1 Å². The van der Waals surface area contributed by atoms with Crippen LogP contribution in [0.5, 0.6) is 5.75 Å². The van der Waals surface area contributed by atoms with Gasteiger partial charge >= 0.3 is 0 Å². The maximum absolute atomic E-state index is 11.4. The van der Waals surface area contributed by atoms with Crippen LogP contribution in [0.25, 0.3) is 0 Å². The summed E-state index contributed by atoms with van der Waals surface area (Å²) < 4.78 is 22.8. The van der Waals surface area contributed by atoms with E-state index in [0.717, 1.165) is 24.8 Å². The first-order valence-corrected chi connectivity index (χ1v) is 8.24. The molecule has 19 heavy (non-hydrogen) atoms. The van der Waals surface area contributed by atoms with Gasteiger partial charge in [-0.15, -0.1) is 0 Å². The lowest BCUT2D eigenvalue weighted by Gasteiger charge is -2.28. The Morgan fingerprint density at radius 2 is 2.16 bits per heavy atom. The molecule has 0 aromatic heterocycles. The summed E-state index contributed by atoms with van der Waals surface area (Å²) in [5.41, 5.74) is 2.34. The molecule has 4 nitrogen and oxygen atoms in total. The molecule has 0 saturated carbocycles. The van der Waals surface area contributed by atoms with E-state index in [1.165, 1.54) is 11.0 Å². The lowest BCUT2D eigenvalue weighted by atomic mass is 9.87. The second-order valence-electron chi connectivity index (χ2n) is 5.26. The number of rotatable bonds is 2. The van der Waals surface area contributed by atoms with Crippen LogP contribution in [0.4, 0.5) is 0 Å². The molecule has 2 unspecified atom stereocenters. The van der Waals surface area contributed by atoms with E-state index < -0.39 is 9.84 Å². The average molecular weight is 279 g/mol. The minimum absolute atomic E-state index is 0.102. The lowest BCUT2D eigenvalue weighted by molar-refractivity contribution is 0.436. The van der Waals surface area contributed by atoms with Gasteiger partial charge in [0, 0.05) is 17.5 Å². The molecular weight excluding hydrogens is 262 g/mol. The largest absolute Gasteiger partial charge is 0.508 e. The molecule has 0 saturated heterocycles. The predicted molar refractivity (Wildman–Crippen MR) is 73.6 cm³/mol. The average Bonchev–Trinajstić information content (AvgIpc) is 2.68. The number of benzene rings is 1. The van der Waals surface area contributed by atoms with E-state index in [-0.39, 0.29) is 17.8 Å². The predicted octanol–water partition coefficient (Wildman–Crippen LogP) is 1.67. The van der Waals surface area contributed by atoms with Crippen LogP contribution in [0, 0.1) is 0 Å². The highest BCUT2D eigenvalue weighted by Gasteiger charge is 2.27. The molecule has 1 aromatic carbocycles. The van der Waals surface area contributed by atoms with Crippen LogP contribution in [0.1, 0.15) is 30.0 Å². The molecule has 1 aromatic rings. The van der Waals surface area contributed by atoms with Crippen molar-refractivity contribution in [2.75, 3.05) is 5.75 Å². The number of fused-ring (bicyclic) bond motifs is 1. The standard InChI is InChI=1S/C14H17NO3S/c16-12-4-5-13-10(8-12)2-1-3-14(13)15-11-6-7-19(17,18)9-11/h4-8,11,14-16H,1-3,9H2. The van der Waals surface area contributed by atoms with Crippen LogP contribution in [-0.4, -0.2) is 25.3 Å². The van der Waals surface area contributed by atoms with Crippen molar-refractivity contribution in [1.29, 1.82) is 0 Å². The van der Waals surface area contributed by atoms with E-state index in [2.05, 4.69) is 5.32 Å². The Kier molecular flexibility index (Phi) is 3.11. The van der Waals surface area contributed by atoms with Crippen LogP contribution in [0.3, 0.4) is 0 Å². The summed E-state index contributed by atoms with van der Waals surface area (Å²) >= 11 is 0. The maximum Gasteiger partial charge on any atom is 0.173 e. The third-order valence-corrected chi connectivity index (χ3v) is 5.18. The molecule has 2 aliphatic rings. The van der Waals surface area contributed by atoms with Crippen molar-refractivity contribution in [3.8, 4) is 5.75 Å². The van der Waals surface area contributed by atoms with Crippen LogP contribution >= 0.6 is 0 Å². The number of aromatic hydroxyl groups is 1. The first-order valence-electron chi connectivity index (χ1n) is 6.52. The molecule has 0 amide bonds. The monoisotopic (exact) mass is 279 g/mol. The molecule has 0 fully saturated rings. The summed E-state index contributed by atoms with van der Waals surface area (Å²) in [5.74, 6) is 0.444. The van der Waals surface area contributed by atoms with Gasteiger partial charge in [-0.05, 0) is 42.5 Å². The van der Waals surface area contributed by atoms with E-state index in [0.29, 0.717) is 5.75 Å². The summed E-state index contributed by atoms with van der Waals surface area (Å²) in [4.78, 5) is 0. The Balaban J connectivity index is 1.79. The number of nitrogens with one attached hydrogen (secondary N) is 1. The van der Waals surface area contributed by atoms with E-state index in [4.69, 9.17) is 0 Å². The molecule has 0 radical (unpaired) electrons. The minimum atomic E-state index is -3.01. The molecule has 3 rings (SSSR count). The zero-order valence-electron chi connectivity index (χ0n) is 10.5. The number of sulfone groups is 1. The minimum Gasteiger partial charge on any atom is -0.508 e. The molecule has 102 valence electrons. The van der Waals surface area contributed by atoms with Crippen LogP contribution in [0.15, 0.2) is 29.7 Å². The van der Waals surface area contributed by atoms with Gasteiger partial charge in [-0.25, -0.2) is 8.42 Å². The smallest absolute Gasteiger partial charge is 0.173 e. The van der Waals surface area contributed by atoms with E-state index in [9.17, 15) is 13.5 Å². The van der Waals surface area contributed by atoms with Gasteiger partial charge in [0.05, 0.1) is 5.75 Å². The Morgan fingerprint density at radius 1 is 1.32 bits per heavy atom. The second-order valence-corrected chi connectivity index (χ2v) is 7.19. The number of aryl methyl sites for hydroxylation is 1. The highest BCUT2D eigenvalue weighted by atomic mass is 32.2. The third kappa shape index (κ3) is 2.67. The van der Waals surface area contributed by atoms with Crippen molar-refractivity contribution < 1.29 is 13.5 Å². The fourth-order valence-corrected chi connectivity index (χ4v) is 4.16. The van der Waals surface area contributed by atoms with Gasteiger partial charge in [-0.3, -0.25) is 0 Å². The number of phenols is 1. The van der Waals surface area contributed by atoms with Crippen LogP contribution < -0.4 is 5.32 Å². The number of phenolic OH excluding ortho intramolecular Hbond substituents is 1. The second kappa shape index (κ2) is 4.65. The Bertz CT molecular complexity index is 622. The van der Waals surface area contributed by atoms with Crippen molar-refractivity contribution in [1.82, 2.24) is 5.32 Å². The highest BCUT2D eigenvalue weighted by molar-refractivity contribution is 7.94. The summed E-state index contributed by atoms with van der Waals surface area (Å²) in [5, 5.41) is 14.2. The quantitative estimate of drug-likeness (QED) is 0.864. The molecule has 1 aliphatic carbocycles. The molecule has 1 heterocycles. The normalized spacial score (nSPS) is 28.2. The van der Waals surface area contributed by atoms with Gasteiger partial charge in [0.1, 0.15) is 5.75 Å². The summed E-state index contributed by atoms with van der Waals surface area (Å²) in [6.07, 6.45) is 4.75. The van der Waals surface area contributed by atoms with Crippen LogP contribution in [0.2, 0.25) is 0 Å². The Labute approximate surface area is 113 Å². The summed E-state index contributed by atoms with van der Waals surface area (Å²) in [6.45, 7) is 0. The molecular formula is C14H17NO3S. The number of hydrogen-bond donors (Lipinski definition) is 2. The van der Waals surface area contributed by atoms with Gasteiger partial charge in [0.25, 0.3) is 0 Å². The van der Waals surface area contributed by atoms with Crippen molar-refractivity contribution >= 4 is 9.84 Å². The highest BCUT2D eigenvalue weighted by Crippen LogP contribution is 2.32. The maximum atomic E-state index is 11.4. The fraction of sp³-hybridized carbons (Fsp3) is 0.429. The van der Waals surface area contributed by atoms with Gasteiger partial charge < -0.3 is 10.4 Å². The fourth-order valence-electron chi connectivity index (χ4n) is 2.91. The van der Waals surface area contributed by atoms with Gasteiger partial charge in [-0.2, -0.15) is 0 Å². The van der Waals surface area contributed by atoms with Gasteiger partial charge in [0.2, 0.25) is 0 Å². The third-order valence-electron chi connectivity index (χ3n) is 3.79. The number of hydrogen-bond acceptors (Lipinski definition) is 4. The molecule has 1 aliphatic heterocycles. The zero-order valence-corrected chi connectivity index (χ0v) is 11.4. The van der Waals surface area contributed by atoms with Crippen molar-refractivity contribution in [3.05, 3.63) is 40.8 Å². The van der Waals surface area contributed by atoms with Crippen molar-refractivity contribution in [2.24, 2.45) is 0 Å².